The van der Waals surface area contributed by atoms with Gasteiger partial charge < -0.3 is 9.47 Å². The van der Waals surface area contributed by atoms with Crippen molar-refractivity contribution < 1.29 is 9.47 Å². The Morgan fingerprint density at radius 2 is 1.85 bits per heavy atom. The fourth-order valence-electron chi connectivity index (χ4n) is 1.38. The number of rotatable bonds is 3. The second-order valence-electron chi connectivity index (χ2n) is 3.16. The van der Waals surface area contributed by atoms with E-state index in [1.54, 1.807) is 26.6 Å². The average Bonchev–Trinajstić information content (AvgIpc) is 2.99. The van der Waals surface area contributed by atoms with Crippen LogP contribution < -0.4 is 4.74 Å². The van der Waals surface area contributed by atoms with Gasteiger partial charge >= 0.3 is 6.01 Å². The summed E-state index contributed by atoms with van der Waals surface area (Å²) in [4.78, 5) is 8.08. The number of nitrogens with zero attached hydrogens (tertiary/aromatic N) is 2. The SMILES string of the molecule is COc1ncc(C2(OC)CC2)cn1. The van der Waals surface area contributed by atoms with Gasteiger partial charge in [-0.25, -0.2) is 9.97 Å². The Kier molecular flexibility index (Phi) is 1.92. The first-order chi connectivity index (χ1) is 6.30. The standard InChI is InChI=1S/C9H12N2O2/c1-12-8-10-5-7(6-11-8)9(13-2)3-4-9/h5-6H,3-4H2,1-2H3. The molecule has 2 rings (SSSR count). The smallest absolute Gasteiger partial charge is 0.316 e. The number of aromatic nitrogens is 2. The highest BCUT2D eigenvalue weighted by molar-refractivity contribution is 5.23. The van der Waals surface area contributed by atoms with Gasteiger partial charge in [-0.05, 0) is 12.8 Å². The van der Waals surface area contributed by atoms with Crippen LogP contribution in [0.2, 0.25) is 0 Å². The molecule has 0 spiro atoms. The zero-order valence-electron chi connectivity index (χ0n) is 7.78. The first-order valence-corrected chi connectivity index (χ1v) is 4.22. The molecule has 70 valence electrons. The molecule has 13 heavy (non-hydrogen) atoms. The van der Waals surface area contributed by atoms with Crippen molar-refractivity contribution in [1.29, 1.82) is 0 Å². The molecule has 1 fully saturated rings. The fraction of sp³-hybridized carbons (Fsp3) is 0.556. The summed E-state index contributed by atoms with van der Waals surface area (Å²) >= 11 is 0. The van der Waals surface area contributed by atoms with E-state index in [0.29, 0.717) is 6.01 Å². The van der Waals surface area contributed by atoms with Gasteiger partial charge in [-0.2, -0.15) is 0 Å². The van der Waals surface area contributed by atoms with Crippen molar-refractivity contribution in [2.24, 2.45) is 0 Å². The summed E-state index contributed by atoms with van der Waals surface area (Å²) in [7, 11) is 3.27. The van der Waals surface area contributed by atoms with Crippen LogP contribution in [-0.2, 0) is 10.3 Å². The van der Waals surface area contributed by atoms with E-state index in [9.17, 15) is 0 Å². The Hall–Kier alpha value is -1.16. The average molecular weight is 180 g/mol. The number of ether oxygens (including phenoxy) is 2. The molecular weight excluding hydrogens is 168 g/mol. The molecular formula is C9H12N2O2. The largest absolute Gasteiger partial charge is 0.467 e. The van der Waals surface area contributed by atoms with E-state index in [1.165, 1.54) is 0 Å². The summed E-state index contributed by atoms with van der Waals surface area (Å²) in [6.45, 7) is 0. The molecule has 4 nitrogen and oxygen atoms in total. The summed E-state index contributed by atoms with van der Waals surface area (Å²) in [5.41, 5.74) is 0.933. The maximum Gasteiger partial charge on any atom is 0.316 e. The molecule has 0 bridgehead atoms. The highest BCUT2D eigenvalue weighted by Crippen LogP contribution is 2.48. The summed E-state index contributed by atoms with van der Waals surface area (Å²) in [6.07, 6.45) is 5.64. The van der Waals surface area contributed by atoms with Crippen molar-refractivity contribution in [1.82, 2.24) is 9.97 Å². The van der Waals surface area contributed by atoms with Crippen molar-refractivity contribution in [3.05, 3.63) is 18.0 Å². The Balaban J connectivity index is 2.23. The number of methoxy groups -OCH3 is 2. The van der Waals surface area contributed by atoms with Crippen LogP contribution in [0.3, 0.4) is 0 Å². The molecule has 1 aromatic heterocycles. The molecule has 0 saturated heterocycles. The van der Waals surface area contributed by atoms with Crippen LogP contribution >= 0.6 is 0 Å². The van der Waals surface area contributed by atoms with E-state index in [0.717, 1.165) is 18.4 Å². The normalized spacial score (nSPS) is 18.3. The van der Waals surface area contributed by atoms with Crippen molar-refractivity contribution >= 4 is 0 Å². The lowest BCUT2D eigenvalue weighted by atomic mass is 10.2. The van der Waals surface area contributed by atoms with Crippen LogP contribution in [0.15, 0.2) is 12.4 Å². The topological polar surface area (TPSA) is 44.2 Å². The third-order valence-electron chi connectivity index (χ3n) is 2.43. The van der Waals surface area contributed by atoms with Gasteiger partial charge in [-0.1, -0.05) is 0 Å². The van der Waals surface area contributed by atoms with Crippen molar-refractivity contribution in [3.63, 3.8) is 0 Å². The lowest BCUT2D eigenvalue weighted by Crippen LogP contribution is -2.09. The van der Waals surface area contributed by atoms with Gasteiger partial charge in [0.25, 0.3) is 0 Å². The summed E-state index contributed by atoms with van der Waals surface area (Å²) in [6, 6.07) is 0.399. The van der Waals surface area contributed by atoms with Crippen LogP contribution in [0.4, 0.5) is 0 Å². The second kappa shape index (κ2) is 2.96. The van der Waals surface area contributed by atoms with E-state index < -0.39 is 0 Å². The fourth-order valence-corrected chi connectivity index (χ4v) is 1.38. The van der Waals surface area contributed by atoms with Gasteiger partial charge in [-0.3, -0.25) is 0 Å². The van der Waals surface area contributed by atoms with Crippen LogP contribution in [0.1, 0.15) is 18.4 Å². The molecule has 1 aliphatic carbocycles. The molecule has 0 aliphatic heterocycles. The monoisotopic (exact) mass is 180 g/mol. The lowest BCUT2D eigenvalue weighted by Gasteiger charge is -2.12. The van der Waals surface area contributed by atoms with Crippen LogP contribution in [0.25, 0.3) is 0 Å². The van der Waals surface area contributed by atoms with Crippen LogP contribution in [0, 0.1) is 0 Å². The Bertz CT molecular complexity index is 293. The van der Waals surface area contributed by atoms with Gasteiger partial charge in [0.15, 0.2) is 0 Å². The molecule has 1 aromatic rings. The predicted octanol–water partition coefficient (Wildman–Crippen LogP) is 1.12. The summed E-state index contributed by atoms with van der Waals surface area (Å²) in [5, 5.41) is 0. The van der Waals surface area contributed by atoms with Gasteiger partial charge in [0, 0.05) is 25.1 Å². The highest BCUT2D eigenvalue weighted by atomic mass is 16.5. The molecule has 1 heterocycles. The Morgan fingerprint density at radius 3 is 2.23 bits per heavy atom. The van der Waals surface area contributed by atoms with Gasteiger partial charge in [0.1, 0.15) is 0 Å². The zero-order chi connectivity index (χ0) is 9.31. The first kappa shape index (κ1) is 8.44. The molecule has 1 aliphatic rings. The van der Waals surface area contributed by atoms with E-state index in [4.69, 9.17) is 9.47 Å². The molecule has 0 unspecified atom stereocenters. The Labute approximate surface area is 76.9 Å². The quantitative estimate of drug-likeness (QED) is 0.699. The third-order valence-corrected chi connectivity index (χ3v) is 2.43. The van der Waals surface area contributed by atoms with Crippen LogP contribution in [-0.4, -0.2) is 24.2 Å². The summed E-state index contributed by atoms with van der Waals surface area (Å²) in [5.74, 6) is 0. The lowest BCUT2D eigenvalue weighted by molar-refractivity contribution is 0.0781. The molecule has 1 saturated carbocycles. The number of hydrogen-bond donors (Lipinski definition) is 0. The molecule has 4 heteroatoms. The maximum atomic E-state index is 5.39. The molecule has 0 aromatic carbocycles. The highest BCUT2D eigenvalue weighted by Gasteiger charge is 2.45. The van der Waals surface area contributed by atoms with E-state index in [-0.39, 0.29) is 5.60 Å². The van der Waals surface area contributed by atoms with Gasteiger partial charge in [-0.15, -0.1) is 0 Å². The molecule has 0 radical (unpaired) electrons. The Morgan fingerprint density at radius 1 is 1.23 bits per heavy atom. The zero-order valence-corrected chi connectivity index (χ0v) is 7.78. The summed E-state index contributed by atoms with van der Waals surface area (Å²) < 4.78 is 10.3. The predicted molar refractivity (Wildman–Crippen MR) is 46.5 cm³/mol. The van der Waals surface area contributed by atoms with E-state index >= 15 is 0 Å². The first-order valence-electron chi connectivity index (χ1n) is 4.22. The molecule has 0 amide bonds. The van der Waals surface area contributed by atoms with Crippen molar-refractivity contribution in [3.8, 4) is 6.01 Å². The van der Waals surface area contributed by atoms with Gasteiger partial charge in [0.2, 0.25) is 0 Å². The second-order valence-corrected chi connectivity index (χ2v) is 3.16. The minimum Gasteiger partial charge on any atom is -0.467 e. The van der Waals surface area contributed by atoms with Crippen LogP contribution in [0.5, 0.6) is 6.01 Å². The van der Waals surface area contributed by atoms with Gasteiger partial charge in [0.05, 0.1) is 12.7 Å². The molecule has 0 atom stereocenters. The maximum absolute atomic E-state index is 5.39. The third kappa shape index (κ3) is 1.37. The molecule has 0 N–H and O–H groups in total. The van der Waals surface area contributed by atoms with Crippen molar-refractivity contribution in [2.45, 2.75) is 18.4 Å². The van der Waals surface area contributed by atoms with Crippen molar-refractivity contribution in [2.75, 3.05) is 14.2 Å². The minimum absolute atomic E-state index is 0.105. The minimum atomic E-state index is -0.105. The van der Waals surface area contributed by atoms with E-state index in [1.807, 2.05) is 0 Å². The number of hydrogen-bond acceptors (Lipinski definition) is 4. The van der Waals surface area contributed by atoms with E-state index in [2.05, 4.69) is 9.97 Å².